The second kappa shape index (κ2) is 8.18. The van der Waals surface area contributed by atoms with E-state index in [0.717, 1.165) is 44.7 Å². The topological polar surface area (TPSA) is 36.3 Å². The summed E-state index contributed by atoms with van der Waals surface area (Å²) >= 11 is 0. The van der Waals surface area contributed by atoms with E-state index in [0.29, 0.717) is 0 Å². The van der Waals surface area contributed by atoms with Crippen LogP contribution in [0.25, 0.3) is 0 Å². The van der Waals surface area contributed by atoms with Crippen LogP contribution in [0.15, 0.2) is 11.8 Å². The van der Waals surface area contributed by atoms with Gasteiger partial charge < -0.3 is 9.64 Å². The summed E-state index contributed by atoms with van der Waals surface area (Å²) in [4.78, 5) is 2.20. The van der Waals surface area contributed by atoms with Crippen LogP contribution < -0.4 is 0 Å². The lowest BCUT2D eigenvalue weighted by molar-refractivity contribution is 0.0590. The highest BCUT2D eigenvalue weighted by atomic mass is 16.5. The van der Waals surface area contributed by atoms with Crippen LogP contribution in [-0.2, 0) is 4.74 Å². The molecule has 0 bridgehead atoms. The van der Waals surface area contributed by atoms with Gasteiger partial charge in [-0.3, -0.25) is 0 Å². The van der Waals surface area contributed by atoms with Gasteiger partial charge in [-0.2, -0.15) is 5.26 Å². The molecule has 0 unspecified atom stereocenters. The molecule has 0 N–H and O–H groups in total. The molecular formula is C13H22N2O. The molecule has 1 heterocycles. The molecule has 1 rings (SSSR count). The molecule has 0 aromatic rings. The molecule has 0 atom stereocenters. The van der Waals surface area contributed by atoms with Crippen LogP contribution >= 0.6 is 0 Å². The van der Waals surface area contributed by atoms with Crippen molar-refractivity contribution in [2.75, 3.05) is 26.3 Å². The Balaban J connectivity index is 2.28. The lowest BCUT2D eigenvalue weighted by atomic mass is 10.1. The summed E-state index contributed by atoms with van der Waals surface area (Å²) in [6, 6.07) is 2.30. The molecule has 0 radical (unpaired) electrons. The molecular weight excluding hydrogens is 200 g/mol. The molecule has 3 nitrogen and oxygen atoms in total. The van der Waals surface area contributed by atoms with Gasteiger partial charge in [-0.25, -0.2) is 0 Å². The Morgan fingerprint density at radius 2 is 2.06 bits per heavy atom. The third kappa shape index (κ3) is 5.18. The largest absolute Gasteiger partial charge is 0.378 e. The first-order chi connectivity index (χ1) is 7.86. The van der Waals surface area contributed by atoms with Crippen LogP contribution in [0.2, 0.25) is 0 Å². The van der Waals surface area contributed by atoms with Crippen LogP contribution in [0.3, 0.4) is 0 Å². The number of allylic oxidation sites excluding steroid dienone is 1. The van der Waals surface area contributed by atoms with Gasteiger partial charge in [0, 0.05) is 24.9 Å². The summed E-state index contributed by atoms with van der Waals surface area (Å²) in [6.07, 6.45) is 7.84. The average molecular weight is 222 g/mol. The summed E-state index contributed by atoms with van der Waals surface area (Å²) < 4.78 is 5.27. The zero-order valence-electron chi connectivity index (χ0n) is 10.2. The second-order valence-electron chi connectivity index (χ2n) is 4.23. The molecule has 0 spiro atoms. The second-order valence-corrected chi connectivity index (χ2v) is 4.23. The molecule has 0 aromatic carbocycles. The summed E-state index contributed by atoms with van der Waals surface area (Å²) in [5, 5.41) is 9.04. The number of ether oxygens (including phenoxy) is 1. The van der Waals surface area contributed by atoms with Gasteiger partial charge in [-0.15, -0.1) is 0 Å². The Morgan fingerprint density at radius 1 is 1.31 bits per heavy atom. The van der Waals surface area contributed by atoms with Crippen LogP contribution in [0.1, 0.15) is 39.0 Å². The maximum absolute atomic E-state index is 9.04. The van der Waals surface area contributed by atoms with Gasteiger partial charge in [0.1, 0.15) is 0 Å². The quantitative estimate of drug-likeness (QED) is 0.512. The summed E-state index contributed by atoms with van der Waals surface area (Å²) in [5.74, 6) is 0. The van der Waals surface area contributed by atoms with Crippen molar-refractivity contribution >= 4 is 0 Å². The van der Waals surface area contributed by atoms with Gasteiger partial charge in [-0.05, 0) is 12.8 Å². The van der Waals surface area contributed by atoms with E-state index in [4.69, 9.17) is 10.00 Å². The molecule has 1 aliphatic rings. The first kappa shape index (κ1) is 13.1. The van der Waals surface area contributed by atoms with Crippen LogP contribution in [-0.4, -0.2) is 31.2 Å². The van der Waals surface area contributed by atoms with E-state index in [2.05, 4.69) is 17.9 Å². The van der Waals surface area contributed by atoms with Crippen molar-refractivity contribution in [2.45, 2.75) is 39.0 Å². The monoisotopic (exact) mass is 222 g/mol. The van der Waals surface area contributed by atoms with Crippen LogP contribution in [0.4, 0.5) is 0 Å². The number of rotatable bonds is 6. The van der Waals surface area contributed by atoms with Crippen molar-refractivity contribution in [1.29, 1.82) is 5.26 Å². The zero-order valence-corrected chi connectivity index (χ0v) is 10.2. The Hall–Kier alpha value is -1.01. The van der Waals surface area contributed by atoms with Gasteiger partial charge in [-0.1, -0.05) is 26.2 Å². The van der Waals surface area contributed by atoms with Crippen molar-refractivity contribution in [3.8, 4) is 6.07 Å². The van der Waals surface area contributed by atoms with Crippen molar-refractivity contribution in [2.24, 2.45) is 0 Å². The van der Waals surface area contributed by atoms with E-state index in [1.54, 1.807) is 0 Å². The summed E-state index contributed by atoms with van der Waals surface area (Å²) in [7, 11) is 0. The number of nitriles is 1. The lowest BCUT2D eigenvalue weighted by Gasteiger charge is -2.25. The fourth-order valence-corrected chi connectivity index (χ4v) is 1.82. The Labute approximate surface area is 98.7 Å². The number of hydrogen-bond donors (Lipinski definition) is 0. The summed E-state index contributed by atoms with van der Waals surface area (Å²) in [5.41, 5.74) is 0.915. The highest BCUT2D eigenvalue weighted by Crippen LogP contribution is 2.11. The van der Waals surface area contributed by atoms with E-state index >= 15 is 0 Å². The fraction of sp³-hybridized carbons (Fsp3) is 0.769. The van der Waals surface area contributed by atoms with E-state index in [1.165, 1.54) is 19.3 Å². The fourth-order valence-electron chi connectivity index (χ4n) is 1.82. The maximum Gasteiger partial charge on any atom is 0.0962 e. The predicted octanol–water partition coefficient (Wildman–Crippen LogP) is 2.70. The maximum atomic E-state index is 9.04. The SMILES string of the molecule is CCCCCCC(C#N)=CN1CCOCC1. The lowest BCUT2D eigenvalue weighted by Crippen LogP contribution is -2.32. The molecule has 90 valence electrons. The first-order valence-corrected chi connectivity index (χ1v) is 6.29. The standard InChI is InChI=1S/C13H22N2O/c1-2-3-4-5-6-13(11-14)12-15-7-9-16-10-8-15/h12H,2-10H2,1H3. The third-order valence-corrected chi connectivity index (χ3v) is 2.83. The molecule has 0 saturated carbocycles. The number of hydrogen-bond acceptors (Lipinski definition) is 3. The first-order valence-electron chi connectivity index (χ1n) is 6.29. The molecule has 0 amide bonds. The minimum Gasteiger partial charge on any atom is -0.378 e. The van der Waals surface area contributed by atoms with E-state index in [-0.39, 0.29) is 0 Å². The van der Waals surface area contributed by atoms with Gasteiger partial charge in [0.2, 0.25) is 0 Å². The van der Waals surface area contributed by atoms with Crippen molar-refractivity contribution in [3.05, 3.63) is 11.8 Å². The average Bonchev–Trinajstić information content (AvgIpc) is 2.34. The van der Waals surface area contributed by atoms with Crippen molar-refractivity contribution in [3.63, 3.8) is 0 Å². The van der Waals surface area contributed by atoms with Gasteiger partial charge in [0.25, 0.3) is 0 Å². The Kier molecular flexibility index (Phi) is 6.67. The highest BCUT2D eigenvalue weighted by molar-refractivity contribution is 5.19. The van der Waals surface area contributed by atoms with Crippen molar-refractivity contribution in [1.82, 2.24) is 4.90 Å². The Bertz CT molecular complexity index is 249. The van der Waals surface area contributed by atoms with E-state index < -0.39 is 0 Å². The number of morpholine rings is 1. The third-order valence-electron chi connectivity index (χ3n) is 2.83. The zero-order chi connectivity index (χ0) is 11.6. The smallest absolute Gasteiger partial charge is 0.0962 e. The van der Waals surface area contributed by atoms with E-state index in [9.17, 15) is 0 Å². The molecule has 1 aliphatic heterocycles. The van der Waals surface area contributed by atoms with Gasteiger partial charge in [0.05, 0.1) is 19.3 Å². The predicted molar refractivity (Wildman–Crippen MR) is 64.8 cm³/mol. The number of nitrogens with zero attached hydrogens (tertiary/aromatic N) is 2. The molecule has 3 heteroatoms. The normalized spacial score (nSPS) is 17.2. The van der Waals surface area contributed by atoms with Gasteiger partial charge >= 0.3 is 0 Å². The molecule has 0 aromatic heterocycles. The minimum atomic E-state index is 0.783. The summed E-state index contributed by atoms with van der Waals surface area (Å²) in [6.45, 7) is 5.60. The van der Waals surface area contributed by atoms with Crippen molar-refractivity contribution < 1.29 is 4.74 Å². The van der Waals surface area contributed by atoms with Crippen LogP contribution in [0.5, 0.6) is 0 Å². The Morgan fingerprint density at radius 3 is 2.69 bits per heavy atom. The van der Waals surface area contributed by atoms with Crippen LogP contribution in [0, 0.1) is 11.3 Å². The number of unbranched alkanes of at least 4 members (excludes halogenated alkanes) is 3. The molecule has 0 aliphatic carbocycles. The molecule has 1 saturated heterocycles. The highest BCUT2D eigenvalue weighted by Gasteiger charge is 2.07. The molecule has 16 heavy (non-hydrogen) atoms. The van der Waals surface area contributed by atoms with Gasteiger partial charge in [0.15, 0.2) is 0 Å². The van der Waals surface area contributed by atoms with E-state index in [1.807, 2.05) is 6.20 Å². The minimum absolute atomic E-state index is 0.783. The molecule has 1 fully saturated rings.